The minimum atomic E-state index is -4.74. The van der Waals surface area contributed by atoms with E-state index in [-0.39, 0.29) is 51.0 Å². The van der Waals surface area contributed by atoms with Gasteiger partial charge in [0.2, 0.25) is 65.0 Å². The van der Waals surface area contributed by atoms with Crippen molar-refractivity contribution in [3.63, 3.8) is 0 Å². The molecule has 2 saturated carbocycles. The van der Waals surface area contributed by atoms with Gasteiger partial charge >= 0.3 is 6.18 Å². The van der Waals surface area contributed by atoms with Crippen molar-refractivity contribution >= 4 is 76.6 Å². The van der Waals surface area contributed by atoms with Gasteiger partial charge in [-0.05, 0) is 109 Å². The predicted molar refractivity (Wildman–Crippen MR) is 305 cm³/mol. The third-order valence-corrected chi connectivity index (χ3v) is 18.1. The van der Waals surface area contributed by atoms with Crippen molar-refractivity contribution in [2.24, 2.45) is 11.8 Å². The van der Waals surface area contributed by atoms with Crippen molar-refractivity contribution < 1.29 is 65.9 Å². The Morgan fingerprint density at radius 2 is 1.23 bits per heavy atom. The second kappa shape index (κ2) is 29.0. The van der Waals surface area contributed by atoms with Crippen LogP contribution in [0.25, 0.3) is 0 Å². The first kappa shape index (κ1) is 68.3. The van der Waals surface area contributed by atoms with Crippen molar-refractivity contribution in [1.82, 2.24) is 55.6 Å². The molecule has 2 aliphatic carbocycles. The maximum absolute atomic E-state index is 15.1. The highest BCUT2D eigenvalue weighted by Gasteiger charge is 2.50. The van der Waals surface area contributed by atoms with E-state index in [9.17, 15) is 61.1 Å². The van der Waals surface area contributed by atoms with Gasteiger partial charge in [0.1, 0.15) is 47.8 Å². The summed E-state index contributed by atoms with van der Waals surface area (Å²) in [5.74, 6) is -7.70. The standard InChI is InChI=1S/C58H87ClF3N11O11/c1-13-33(2)47-55(83)68(8)31-45(75)67(7)32-46(76)70(10)37(6)53(81)71(11)36(5)49(77)64-42(25-23-38-22-24-40(41(59)30-38)58(60,61)62)54(82)73-28-18-21-43(73)51(79)66-57(26-16-17-27-57)56(84)72(12)48(39-19-14-15-20-39)52(80)63-34(3)29-44(74)69(9)35(4)50(78)65-47/h22,24,30,33-37,39,42-43,47-48H,13-21,23,25-29,31-32H2,1-12H3,(H,63,80)(H,64,77)(H,65,78)(H,66,79)/t33-,34+,35-,36+,37-,42-,43-,47-,48-/m0/s1. The van der Waals surface area contributed by atoms with Crippen molar-refractivity contribution in [2.45, 2.75) is 191 Å². The fourth-order valence-corrected chi connectivity index (χ4v) is 12.0. The number of hydrogen-bond donors (Lipinski definition) is 4. The number of alkyl halides is 3. The van der Waals surface area contributed by atoms with Crippen LogP contribution in [-0.2, 0) is 65.3 Å². The Hall–Kier alpha value is -6.53. The van der Waals surface area contributed by atoms with E-state index in [1.54, 1.807) is 13.8 Å². The molecule has 22 nitrogen and oxygen atoms in total. The summed E-state index contributed by atoms with van der Waals surface area (Å²) < 4.78 is 41.1. The van der Waals surface area contributed by atoms with Gasteiger partial charge in [0, 0.05) is 61.3 Å². The lowest BCUT2D eigenvalue weighted by molar-refractivity contribution is -0.150. The van der Waals surface area contributed by atoms with E-state index in [4.69, 9.17) is 11.6 Å². The lowest BCUT2D eigenvalue weighted by Gasteiger charge is -2.40. The monoisotopic (exact) mass is 1210 g/mol. The van der Waals surface area contributed by atoms with Crippen LogP contribution in [0.2, 0.25) is 5.02 Å². The van der Waals surface area contributed by atoms with Gasteiger partial charge in [-0.3, -0.25) is 52.7 Å². The van der Waals surface area contributed by atoms with Crippen molar-refractivity contribution in [3.8, 4) is 0 Å². The number of amides is 11. The zero-order valence-electron chi connectivity index (χ0n) is 50.7. The smallest absolute Gasteiger partial charge is 0.351 e. The summed E-state index contributed by atoms with van der Waals surface area (Å²) in [5, 5.41) is 10.9. The molecule has 26 heteroatoms. The highest BCUT2D eigenvalue weighted by molar-refractivity contribution is 6.31. The number of fused-ring (bicyclic) bond motifs is 1. The molecule has 1 aromatic carbocycles. The highest BCUT2D eigenvalue weighted by Crippen LogP contribution is 2.37. The number of hydrogen-bond acceptors (Lipinski definition) is 11. The number of nitrogens with zero attached hydrogens (tertiary/aromatic N) is 7. The first-order chi connectivity index (χ1) is 39.3. The quantitative estimate of drug-likeness (QED) is 0.322. The molecule has 1 spiro atoms. The van der Waals surface area contributed by atoms with E-state index in [1.807, 2.05) is 6.92 Å². The fraction of sp³-hybridized carbons (Fsp3) is 0.707. The molecule has 84 heavy (non-hydrogen) atoms. The van der Waals surface area contributed by atoms with Crippen molar-refractivity contribution in [1.29, 1.82) is 0 Å². The van der Waals surface area contributed by atoms with Crippen LogP contribution in [0.15, 0.2) is 18.2 Å². The summed E-state index contributed by atoms with van der Waals surface area (Å²) in [5.41, 5.74) is -2.24. The van der Waals surface area contributed by atoms with E-state index in [0.717, 1.165) is 44.6 Å². The fourth-order valence-electron chi connectivity index (χ4n) is 11.7. The largest absolute Gasteiger partial charge is 0.417 e. The number of benzene rings is 1. The highest BCUT2D eigenvalue weighted by atomic mass is 35.5. The third kappa shape index (κ3) is 16.3. The van der Waals surface area contributed by atoms with Gasteiger partial charge in [0.15, 0.2) is 0 Å². The molecule has 2 heterocycles. The van der Waals surface area contributed by atoms with E-state index in [1.165, 1.54) is 83.8 Å². The summed E-state index contributed by atoms with van der Waals surface area (Å²) in [7, 11) is 8.29. The summed E-state index contributed by atoms with van der Waals surface area (Å²) >= 11 is 6.07. The van der Waals surface area contributed by atoms with Gasteiger partial charge in [-0.25, -0.2) is 0 Å². The van der Waals surface area contributed by atoms with Crippen LogP contribution in [0.3, 0.4) is 0 Å². The third-order valence-electron chi connectivity index (χ3n) is 17.8. The number of nitrogens with one attached hydrogen (secondary N) is 4. The van der Waals surface area contributed by atoms with Gasteiger partial charge < -0.3 is 55.6 Å². The minimum Gasteiger partial charge on any atom is -0.351 e. The molecule has 1 aromatic rings. The van der Waals surface area contributed by atoms with E-state index < -0.39 is 155 Å². The molecule has 4 aliphatic rings. The lowest BCUT2D eigenvalue weighted by Crippen LogP contribution is -2.64. The van der Waals surface area contributed by atoms with Gasteiger partial charge in [-0.2, -0.15) is 13.2 Å². The van der Waals surface area contributed by atoms with Crippen molar-refractivity contribution in [3.05, 3.63) is 34.3 Å². The molecule has 5 rings (SSSR count). The molecule has 2 aliphatic heterocycles. The normalized spacial score (nSPS) is 28.0. The Balaban J connectivity index is 1.50. The molecule has 468 valence electrons. The van der Waals surface area contributed by atoms with E-state index >= 15 is 4.79 Å². The maximum atomic E-state index is 15.1. The lowest BCUT2D eigenvalue weighted by atomic mass is 9.90. The molecule has 0 unspecified atom stereocenters. The molecule has 4 fully saturated rings. The van der Waals surface area contributed by atoms with E-state index in [2.05, 4.69) is 21.3 Å². The number of aryl methyl sites for hydroxylation is 1. The van der Waals surface area contributed by atoms with Crippen LogP contribution >= 0.6 is 11.6 Å². The molecule has 11 amide bonds. The molecular weight excluding hydrogens is 1120 g/mol. The summed E-state index contributed by atoms with van der Waals surface area (Å²) in [6.45, 7) is 8.51. The molecular formula is C58H87ClF3N11O11. The first-order valence-corrected chi connectivity index (χ1v) is 29.6. The Kier molecular flexibility index (Phi) is 23.6. The maximum Gasteiger partial charge on any atom is 0.417 e. The predicted octanol–water partition coefficient (Wildman–Crippen LogP) is 3.11. The number of carbonyl (C=O) groups excluding carboxylic acids is 11. The van der Waals surface area contributed by atoms with E-state index in [0.29, 0.717) is 44.1 Å². The second-order valence-corrected chi connectivity index (χ2v) is 24.1. The molecule has 0 aromatic heterocycles. The molecule has 0 radical (unpaired) electrons. The van der Waals surface area contributed by atoms with Gasteiger partial charge in [0.05, 0.1) is 23.7 Å². The van der Waals surface area contributed by atoms with Gasteiger partial charge in [-0.15, -0.1) is 0 Å². The molecule has 9 atom stereocenters. The average molecular weight is 1210 g/mol. The Morgan fingerprint density at radius 1 is 0.643 bits per heavy atom. The zero-order valence-corrected chi connectivity index (χ0v) is 51.4. The van der Waals surface area contributed by atoms with Crippen LogP contribution in [0.5, 0.6) is 0 Å². The molecule has 4 N–H and O–H groups in total. The Labute approximate surface area is 495 Å². The number of halogens is 4. The summed E-state index contributed by atoms with van der Waals surface area (Å²) in [6, 6.07) is -5.92. The SMILES string of the molecule is CC[C@H](C)[C@@H]1NC(=O)[C@H](C)N(C)C(=O)C[C@@H](C)NC(=O)[C@H](C2CCCC2)N(C)C(=O)C2(CCCC2)NC(=O)[C@@H]2CCCN2C(=O)[C@H](CCc2ccc(C(F)(F)F)c(Cl)c2)NC(=O)[C@@H](C)N(C)C(=O)[C@H](C)N(C)C(=O)CN(C)C(=O)CN(C)C1=O. The van der Waals surface area contributed by atoms with Crippen LogP contribution in [-0.4, -0.2) is 215 Å². The number of likely N-dealkylation sites (N-methyl/N-ethyl adjacent to an activating group) is 6. The number of carbonyl (C=O) groups is 11. The first-order valence-electron chi connectivity index (χ1n) is 29.2. The summed E-state index contributed by atoms with van der Waals surface area (Å²) in [4.78, 5) is 165. The number of rotatable bonds is 6. The molecule has 0 bridgehead atoms. The van der Waals surface area contributed by atoms with Gasteiger partial charge in [0.25, 0.3) is 0 Å². The van der Waals surface area contributed by atoms with Crippen LogP contribution in [0.4, 0.5) is 13.2 Å². The van der Waals surface area contributed by atoms with Crippen molar-refractivity contribution in [2.75, 3.05) is 61.9 Å². The Morgan fingerprint density at radius 3 is 1.82 bits per heavy atom. The van der Waals surface area contributed by atoms with Crippen LogP contribution in [0.1, 0.15) is 136 Å². The van der Waals surface area contributed by atoms with Gasteiger partial charge in [-0.1, -0.05) is 63.6 Å². The minimum absolute atomic E-state index is 0.0584. The zero-order chi connectivity index (χ0) is 62.9. The molecule has 2 saturated heterocycles. The summed E-state index contributed by atoms with van der Waals surface area (Å²) in [6.07, 6.45) is 0.172. The second-order valence-electron chi connectivity index (χ2n) is 23.7. The average Bonchev–Trinajstić information content (AvgIpc) is 3.27. The van der Waals surface area contributed by atoms with Crippen LogP contribution < -0.4 is 21.3 Å². The topological polar surface area (TPSA) is 259 Å². The van der Waals surface area contributed by atoms with Crippen LogP contribution in [0, 0.1) is 11.8 Å². The Bertz CT molecular complexity index is 2630.